The zero-order valence-corrected chi connectivity index (χ0v) is 10.6. The van der Waals surface area contributed by atoms with Crippen molar-refractivity contribution < 1.29 is 14.7 Å². The maximum Gasteiger partial charge on any atom is 0.335 e. The van der Waals surface area contributed by atoms with E-state index in [2.05, 4.69) is 0 Å². The van der Waals surface area contributed by atoms with E-state index in [4.69, 9.17) is 5.11 Å². The van der Waals surface area contributed by atoms with Gasteiger partial charge in [0, 0.05) is 18.2 Å². The van der Waals surface area contributed by atoms with Crippen LogP contribution < -0.4 is 4.90 Å². The second kappa shape index (κ2) is 4.80. The van der Waals surface area contributed by atoms with E-state index in [0.717, 1.165) is 30.6 Å². The number of hydrogen-bond donors (Lipinski definition) is 1. The number of carbonyl (C=O) groups excluding carboxylic acids is 1. The molecule has 1 aliphatic heterocycles. The summed E-state index contributed by atoms with van der Waals surface area (Å²) in [5.74, 6) is -0.876. The average Bonchev–Trinajstić information content (AvgIpc) is 2.36. The minimum Gasteiger partial charge on any atom is -0.478 e. The molecular weight excluding hydrogens is 230 g/mol. The van der Waals surface area contributed by atoms with E-state index >= 15 is 0 Å². The van der Waals surface area contributed by atoms with Gasteiger partial charge in [0.1, 0.15) is 0 Å². The first-order valence-electron chi connectivity index (χ1n) is 6.18. The first-order valence-corrected chi connectivity index (χ1v) is 6.18. The molecule has 1 aliphatic rings. The Morgan fingerprint density at radius 1 is 1.33 bits per heavy atom. The Kier molecular flexibility index (Phi) is 3.36. The quantitative estimate of drug-likeness (QED) is 0.872. The molecule has 0 radical (unpaired) electrons. The van der Waals surface area contributed by atoms with Gasteiger partial charge in [-0.05, 0) is 36.6 Å². The molecule has 0 aliphatic carbocycles. The number of carboxylic acid groups (broad SMARTS) is 1. The van der Waals surface area contributed by atoms with E-state index in [-0.39, 0.29) is 17.4 Å². The topological polar surface area (TPSA) is 57.6 Å². The lowest BCUT2D eigenvalue weighted by Crippen LogP contribution is -2.38. The molecule has 0 fully saturated rings. The van der Waals surface area contributed by atoms with E-state index < -0.39 is 5.97 Å². The summed E-state index contributed by atoms with van der Waals surface area (Å²) in [6.45, 7) is 4.47. The largest absolute Gasteiger partial charge is 0.478 e. The molecule has 1 amide bonds. The van der Waals surface area contributed by atoms with Gasteiger partial charge in [0.15, 0.2) is 0 Å². The normalized spacial score (nSPS) is 14.5. The minimum absolute atomic E-state index is 0.0462. The molecule has 0 saturated carbocycles. The molecule has 1 N–H and O–H groups in total. The Hall–Kier alpha value is -1.84. The summed E-state index contributed by atoms with van der Waals surface area (Å²) >= 11 is 0. The van der Waals surface area contributed by atoms with Gasteiger partial charge >= 0.3 is 5.97 Å². The van der Waals surface area contributed by atoms with Gasteiger partial charge in [0.25, 0.3) is 0 Å². The van der Waals surface area contributed by atoms with Crippen molar-refractivity contribution in [2.24, 2.45) is 5.92 Å². The summed E-state index contributed by atoms with van der Waals surface area (Å²) in [5, 5.41) is 8.97. The SMILES string of the molecule is CC(C)C(=O)N1CCCc2cc(C(=O)O)ccc21. The summed E-state index contributed by atoms with van der Waals surface area (Å²) in [7, 11) is 0. The number of fused-ring (bicyclic) bond motifs is 1. The number of aryl methyl sites for hydroxylation is 1. The molecule has 0 saturated heterocycles. The third-order valence-corrected chi connectivity index (χ3v) is 3.21. The van der Waals surface area contributed by atoms with E-state index in [9.17, 15) is 9.59 Å². The van der Waals surface area contributed by atoms with Crippen molar-refractivity contribution >= 4 is 17.6 Å². The molecule has 1 aromatic rings. The fraction of sp³-hybridized carbons (Fsp3) is 0.429. The number of benzene rings is 1. The Morgan fingerprint density at radius 2 is 2.06 bits per heavy atom. The van der Waals surface area contributed by atoms with Crippen LogP contribution in [0.2, 0.25) is 0 Å². The van der Waals surface area contributed by atoms with Crippen LogP contribution in [0.3, 0.4) is 0 Å². The third kappa shape index (κ3) is 2.23. The Balaban J connectivity index is 2.39. The lowest BCUT2D eigenvalue weighted by Gasteiger charge is -2.31. The number of rotatable bonds is 2. The zero-order valence-electron chi connectivity index (χ0n) is 10.6. The van der Waals surface area contributed by atoms with Crippen LogP contribution in [0.5, 0.6) is 0 Å². The molecule has 0 spiro atoms. The van der Waals surface area contributed by atoms with Crippen LogP contribution in [0.4, 0.5) is 5.69 Å². The van der Waals surface area contributed by atoms with Gasteiger partial charge in [-0.3, -0.25) is 4.79 Å². The van der Waals surface area contributed by atoms with E-state index in [0.29, 0.717) is 0 Å². The number of carbonyl (C=O) groups is 2. The molecule has 0 atom stereocenters. The third-order valence-electron chi connectivity index (χ3n) is 3.21. The fourth-order valence-corrected chi connectivity index (χ4v) is 2.27. The van der Waals surface area contributed by atoms with Crippen molar-refractivity contribution in [3.05, 3.63) is 29.3 Å². The van der Waals surface area contributed by atoms with Gasteiger partial charge in [-0.25, -0.2) is 4.79 Å². The molecule has 2 rings (SSSR count). The summed E-state index contributed by atoms with van der Waals surface area (Å²) in [6, 6.07) is 4.99. The number of nitrogens with zero attached hydrogens (tertiary/aromatic N) is 1. The smallest absolute Gasteiger partial charge is 0.335 e. The van der Waals surface area contributed by atoms with Crippen LogP contribution in [-0.4, -0.2) is 23.5 Å². The van der Waals surface area contributed by atoms with Gasteiger partial charge in [0.2, 0.25) is 5.91 Å². The average molecular weight is 247 g/mol. The summed E-state index contributed by atoms with van der Waals surface area (Å²) < 4.78 is 0. The number of anilines is 1. The summed E-state index contributed by atoms with van der Waals surface area (Å²) in [4.78, 5) is 24.8. The molecule has 4 heteroatoms. The molecule has 0 bridgehead atoms. The van der Waals surface area contributed by atoms with Crippen molar-refractivity contribution in [3.63, 3.8) is 0 Å². The number of hydrogen-bond acceptors (Lipinski definition) is 2. The monoisotopic (exact) mass is 247 g/mol. The molecule has 0 unspecified atom stereocenters. The van der Waals surface area contributed by atoms with Crippen LogP contribution in [0, 0.1) is 5.92 Å². The van der Waals surface area contributed by atoms with Crippen molar-refractivity contribution in [1.29, 1.82) is 0 Å². The highest BCUT2D eigenvalue weighted by molar-refractivity contribution is 5.97. The molecule has 0 aromatic heterocycles. The molecular formula is C14H17NO3. The molecule has 96 valence electrons. The van der Waals surface area contributed by atoms with E-state index in [1.54, 1.807) is 23.1 Å². The van der Waals surface area contributed by atoms with Crippen molar-refractivity contribution in [3.8, 4) is 0 Å². The maximum atomic E-state index is 12.1. The predicted octanol–water partition coefficient (Wildman–Crippen LogP) is 2.32. The van der Waals surface area contributed by atoms with E-state index in [1.807, 2.05) is 13.8 Å². The van der Waals surface area contributed by atoms with Crippen LogP contribution in [-0.2, 0) is 11.2 Å². The van der Waals surface area contributed by atoms with Gasteiger partial charge in [-0.2, -0.15) is 0 Å². The lowest BCUT2D eigenvalue weighted by atomic mass is 9.98. The highest BCUT2D eigenvalue weighted by Gasteiger charge is 2.24. The number of carboxylic acids is 1. The first-order chi connectivity index (χ1) is 8.50. The standard InChI is InChI=1S/C14H17NO3/c1-9(2)13(16)15-7-3-4-10-8-11(14(17)18)5-6-12(10)15/h5-6,8-9H,3-4,7H2,1-2H3,(H,17,18). The van der Waals surface area contributed by atoms with Gasteiger partial charge in [0.05, 0.1) is 5.56 Å². The van der Waals surface area contributed by atoms with Crippen molar-refractivity contribution in [2.75, 3.05) is 11.4 Å². The molecule has 1 heterocycles. The molecule has 4 nitrogen and oxygen atoms in total. The van der Waals surface area contributed by atoms with Crippen molar-refractivity contribution in [1.82, 2.24) is 0 Å². The van der Waals surface area contributed by atoms with Crippen LogP contribution >= 0.6 is 0 Å². The number of amides is 1. The highest BCUT2D eigenvalue weighted by Crippen LogP contribution is 2.29. The maximum absolute atomic E-state index is 12.1. The predicted molar refractivity (Wildman–Crippen MR) is 68.9 cm³/mol. The Labute approximate surface area is 106 Å². The van der Waals surface area contributed by atoms with Gasteiger partial charge in [-0.15, -0.1) is 0 Å². The minimum atomic E-state index is -0.926. The summed E-state index contributed by atoms with van der Waals surface area (Å²) in [5.41, 5.74) is 2.10. The van der Waals surface area contributed by atoms with Gasteiger partial charge in [-0.1, -0.05) is 13.8 Å². The lowest BCUT2D eigenvalue weighted by molar-refractivity contribution is -0.121. The molecule has 1 aromatic carbocycles. The Bertz CT molecular complexity index is 494. The first kappa shape index (κ1) is 12.6. The highest BCUT2D eigenvalue weighted by atomic mass is 16.4. The van der Waals surface area contributed by atoms with E-state index in [1.165, 1.54) is 0 Å². The number of aromatic carboxylic acids is 1. The van der Waals surface area contributed by atoms with Gasteiger partial charge < -0.3 is 10.0 Å². The van der Waals surface area contributed by atoms with Crippen LogP contribution in [0.1, 0.15) is 36.2 Å². The fourth-order valence-electron chi connectivity index (χ4n) is 2.27. The summed E-state index contributed by atoms with van der Waals surface area (Å²) in [6.07, 6.45) is 1.72. The van der Waals surface area contributed by atoms with Crippen LogP contribution in [0.25, 0.3) is 0 Å². The van der Waals surface area contributed by atoms with Crippen molar-refractivity contribution in [2.45, 2.75) is 26.7 Å². The molecule has 18 heavy (non-hydrogen) atoms. The second-order valence-electron chi connectivity index (χ2n) is 4.90. The van der Waals surface area contributed by atoms with Crippen LogP contribution in [0.15, 0.2) is 18.2 Å². The Morgan fingerprint density at radius 3 is 2.67 bits per heavy atom. The zero-order chi connectivity index (χ0) is 13.3. The second-order valence-corrected chi connectivity index (χ2v) is 4.90.